The fourth-order valence-corrected chi connectivity index (χ4v) is 12.4. The first-order chi connectivity index (χ1) is 47.0. The Morgan fingerprint density at radius 2 is 0.417 bits per heavy atom. The Kier molecular flexibility index (Phi) is 14.8. The fourth-order valence-electron chi connectivity index (χ4n) is 11.9. The van der Waals surface area contributed by atoms with E-state index >= 15 is 0 Å². The quantitative estimate of drug-likeness (QED) is 0.121. The number of ether oxygens (including phenoxy) is 4. The molecule has 2 N–H and O–H groups in total. The van der Waals surface area contributed by atoms with Crippen LogP contribution in [0.4, 0.5) is 0 Å². The minimum Gasteiger partial charge on any atom is -0.457 e. The van der Waals surface area contributed by atoms with Gasteiger partial charge in [-0.3, -0.25) is 0 Å². The molecule has 2 aliphatic heterocycles. The normalized spacial score (nSPS) is 11.5. The van der Waals surface area contributed by atoms with Crippen LogP contribution in [-0.4, -0.2) is 39.9 Å². The summed E-state index contributed by atoms with van der Waals surface area (Å²) in [4.78, 5) is 39.8. The Hall–Kier alpha value is -11.6. The number of benzene rings is 12. The van der Waals surface area contributed by atoms with Crippen LogP contribution in [-0.2, 0) is 0 Å². The van der Waals surface area contributed by atoms with Crippen LogP contribution < -0.4 is 18.9 Å². The van der Waals surface area contributed by atoms with E-state index in [1.54, 1.807) is 48.5 Å². The van der Waals surface area contributed by atoms with Crippen molar-refractivity contribution in [2.24, 2.45) is 0 Å². The molecule has 0 fully saturated rings. The van der Waals surface area contributed by atoms with Crippen LogP contribution >= 0.6 is 46.4 Å². The minimum absolute atomic E-state index is 0.453. The molecule has 0 unspecified atom stereocenters. The SMILES string of the molecule is Clc1ccc(Oc2ccc(-c3ccc4c(c3)-c3nc-4nc4[nH]c(nc5nc(nc6[nH]c(n3)c3ccc(-c7ccc(Oc8ccc(Cl)cc8)cc7)cc63)-c3ccc(-c6ccc(Oc7ccc(Cl)cc7)cc6)cc3-5)c3ccc(-c5ccc(Oc6ccc(Cl)cc6)cc5)cc43)cc2)cc1. The maximum absolute atomic E-state index is 6.19. The van der Waals surface area contributed by atoms with Crippen LogP contribution in [0.15, 0.2) is 267 Å². The maximum atomic E-state index is 6.19. The lowest BCUT2D eigenvalue weighted by Crippen LogP contribution is -1.87. The minimum atomic E-state index is 0.453. The fraction of sp³-hybridized carbons (Fsp3) is 0. The number of hydrogen-bond donors (Lipinski definition) is 2. The molecule has 16 heteroatoms. The van der Waals surface area contributed by atoms with Gasteiger partial charge in [-0.1, -0.05) is 119 Å². The van der Waals surface area contributed by atoms with Crippen LogP contribution in [0.2, 0.25) is 20.1 Å². The zero-order chi connectivity index (χ0) is 64.4. The molecule has 0 saturated heterocycles. The Balaban J connectivity index is 0.844. The highest BCUT2D eigenvalue weighted by Gasteiger charge is 2.25. The number of aromatic nitrogens is 8. The van der Waals surface area contributed by atoms with E-state index in [0.717, 1.165) is 88.3 Å². The lowest BCUT2D eigenvalue weighted by molar-refractivity contribution is 0.482. The summed E-state index contributed by atoms with van der Waals surface area (Å²) >= 11 is 24.7. The molecule has 12 aromatic carbocycles. The lowest BCUT2D eigenvalue weighted by atomic mass is 9.99. The van der Waals surface area contributed by atoms with Gasteiger partial charge in [0.1, 0.15) is 68.6 Å². The molecule has 17 rings (SSSR count). The van der Waals surface area contributed by atoms with Gasteiger partial charge in [0.25, 0.3) is 0 Å². The van der Waals surface area contributed by atoms with Crippen molar-refractivity contribution < 1.29 is 18.9 Å². The highest BCUT2D eigenvalue weighted by atomic mass is 35.5. The van der Waals surface area contributed by atoms with Crippen molar-refractivity contribution in [3.63, 3.8) is 0 Å². The van der Waals surface area contributed by atoms with E-state index < -0.39 is 0 Å². The molecular formula is C80H46Cl4N8O4. The van der Waals surface area contributed by atoms with Gasteiger partial charge in [0.2, 0.25) is 0 Å². The summed E-state index contributed by atoms with van der Waals surface area (Å²) in [5.74, 6) is 7.28. The summed E-state index contributed by atoms with van der Waals surface area (Å²) in [5, 5.41) is 5.79. The van der Waals surface area contributed by atoms with Crippen molar-refractivity contribution in [2.45, 2.75) is 0 Å². The van der Waals surface area contributed by atoms with Crippen LogP contribution in [0.25, 0.3) is 134 Å². The first-order valence-electron chi connectivity index (χ1n) is 30.6. The number of H-pyrrole nitrogens is 2. The summed E-state index contributed by atoms with van der Waals surface area (Å²) in [5.41, 5.74) is 12.9. The molecule has 96 heavy (non-hydrogen) atoms. The van der Waals surface area contributed by atoms with Crippen molar-refractivity contribution in [3.05, 3.63) is 287 Å². The largest absolute Gasteiger partial charge is 0.457 e. The Labute approximate surface area is 568 Å². The summed E-state index contributed by atoms with van der Waals surface area (Å²) in [7, 11) is 0. The van der Waals surface area contributed by atoms with Crippen LogP contribution in [0, 0.1) is 0 Å². The van der Waals surface area contributed by atoms with Crippen LogP contribution in [0.5, 0.6) is 46.0 Å². The van der Waals surface area contributed by atoms with Crippen LogP contribution in [0.1, 0.15) is 0 Å². The predicted octanol–water partition coefficient (Wildman–Crippen LogP) is 23.3. The molecule has 458 valence electrons. The molecule has 5 heterocycles. The third kappa shape index (κ3) is 11.6. The van der Waals surface area contributed by atoms with Gasteiger partial charge in [-0.15, -0.1) is 0 Å². The predicted molar refractivity (Wildman–Crippen MR) is 384 cm³/mol. The topological polar surface area (TPSA) is 146 Å². The zero-order valence-electron chi connectivity index (χ0n) is 50.2. The first-order valence-corrected chi connectivity index (χ1v) is 32.1. The Morgan fingerprint density at radius 1 is 0.198 bits per heavy atom. The molecule has 0 saturated carbocycles. The van der Waals surface area contributed by atoms with E-state index in [0.29, 0.717) is 112 Å². The molecule has 2 aliphatic rings. The van der Waals surface area contributed by atoms with E-state index in [9.17, 15) is 0 Å². The Morgan fingerprint density at radius 3 is 0.698 bits per heavy atom. The van der Waals surface area contributed by atoms with Crippen molar-refractivity contribution in [1.82, 2.24) is 39.9 Å². The monoisotopic (exact) mass is 1320 g/mol. The summed E-state index contributed by atoms with van der Waals surface area (Å²) in [6.07, 6.45) is 0. The van der Waals surface area contributed by atoms with E-state index in [2.05, 4.69) is 82.8 Å². The average molecular weight is 1330 g/mol. The van der Waals surface area contributed by atoms with E-state index in [4.69, 9.17) is 95.3 Å². The third-order valence-electron chi connectivity index (χ3n) is 16.8. The second-order valence-corrected chi connectivity index (χ2v) is 24.7. The number of rotatable bonds is 12. The van der Waals surface area contributed by atoms with Gasteiger partial charge >= 0.3 is 0 Å². The molecule has 8 bridgehead atoms. The first kappa shape index (κ1) is 58.2. The van der Waals surface area contributed by atoms with Crippen molar-refractivity contribution >= 4 is 90.5 Å². The van der Waals surface area contributed by atoms with Crippen molar-refractivity contribution in [1.29, 1.82) is 0 Å². The summed E-state index contributed by atoms with van der Waals surface area (Å²) < 4.78 is 24.7. The number of halogens is 4. The highest BCUT2D eigenvalue weighted by molar-refractivity contribution is 6.31. The van der Waals surface area contributed by atoms with E-state index in [1.807, 2.05) is 146 Å². The standard InChI is InChI=1S/C80H46Cl4N8O4/c81-53-13-29-61(30-14-53)93-57-21-1-45(2-22-57)49-9-37-65-69(41-49)77-85-73(65)90-78-71-43-51(47-5-25-59(26-6-47)95-63-33-17-55(83)18-34-63)11-39-67(71)75(87-78)92-80-72-44-52(48-7-27-60(28-8-48)96-64-35-19-56(84)20-36-64)12-40-68(72)76(88-80)91-79-70-42-50(10-38-66(70)74(86-79)89-77)46-3-23-58(24-4-46)94-62-31-15-54(82)16-32-62/h1-44H,(H2,85,86,87,88,89,90,91,92). The molecular weight excluding hydrogens is 1280 g/mol. The van der Waals surface area contributed by atoms with Gasteiger partial charge in [-0.25, -0.2) is 29.9 Å². The number of nitrogens with zero attached hydrogens (tertiary/aromatic N) is 6. The second-order valence-electron chi connectivity index (χ2n) is 23.0. The summed E-state index contributed by atoms with van der Waals surface area (Å²) in [6, 6.07) is 86.1. The molecule has 0 spiro atoms. The van der Waals surface area contributed by atoms with Crippen LogP contribution in [0.3, 0.4) is 0 Å². The van der Waals surface area contributed by atoms with Crippen molar-refractivity contribution in [2.75, 3.05) is 0 Å². The number of aromatic amines is 2. The zero-order valence-corrected chi connectivity index (χ0v) is 53.3. The van der Waals surface area contributed by atoms with Gasteiger partial charge in [0.15, 0.2) is 23.3 Å². The molecule has 0 atom stereocenters. The maximum Gasteiger partial charge on any atom is 0.164 e. The number of nitrogens with one attached hydrogen (secondary N) is 2. The van der Waals surface area contributed by atoms with E-state index in [1.165, 1.54) is 0 Å². The molecule has 0 aliphatic carbocycles. The second kappa shape index (κ2) is 24.4. The average Bonchev–Trinajstić information content (AvgIpc) is 1.61. The van der Waals surface area contributed by atoms with Gasteiger partial charge in [0.05, 0.1) is 0 Å². The number of fused-ring (bicyclic) bond motifs is 20. The van der Waals surface area contributed by atoms with Gasteiger partial charge in [-0.05, 0) is 239 Å². The smallest absolute Gasteiger partial charge is 0.164 e. The highest BCUT2D eigenvalue weighted by Crippen LogP contribution is 2.43. The summed E-state index contributed by atoms with van der Waals surface area (Å²) in [6.45, 7) is 0. The van der Waals surface area contributed by atoms with Gasteiger partial charge in [-0.2, -0.15) is 0 Å². The number of hydrogen-bond acceptors (Lipinski definition) is 10. The van der Waals surface area contributed by atoms with Gasteiger partial charge in [0, 0.05) is 63.9 Å². The molecule has 12 nitrogen and oxygen atoms in total. The Bertz CT molecular complexity index is 5360. The molecule has 3 aromatic heterocycles. The molecule has 15 aromatic rings. The lowest BCUT2D eigenvalue weighted by Gasteiger charge is -2.08. The van der Waals surface area contributed by atoms with Crippen molar-refractivity contribution in [3.8, 4) is 136 Å². The third-order valence-corrected chi connectivity index (χ3v) is 17.8. The van der Waals surface area contributed by atoms with Gasteiger partial charge < -0.3 is 28.9 Å². The van der Waals surface area contributed by atoms with E-state index in [-0.39, 0.29) is 0 Å². The molecule has 0 amide bonds. The molecule has 0 radical (unpaired) electrons.